The van der Waals surface area contributed by atoms with Gasteiger partial charge in [-0.1, -0.05) is 80.9 Å². The van der Waals surface area contributed by atoms with E-state index in [-0.39, 0.29) is 0 Å². The molecule has 1 heterocycles. The Bertz CT molecular complexity index is 647. The van der Waals surface area contributed by atoms with Gasteiger partial charge < -0.3 is 0 Å². The second kappa shape index (κ2) is 8.85. The Morgan fingerprint density at radius 3 is 2.00 bits per heavy atom. The van der Waals surface area contributed by atoms with Gasteiger partial charge in [-0.05, 0) is 49.6 Å². The van der Waals surface area contributed by atoms with Gasteiger partial charge in [0.05, 0.1) is 0 Å². The van der Waals surface area contributed by atoms with Crippen molar-refractivity contribution in [2.75, 3.05) is 0 Å². The van der Waals surface area contributed by atoms with Crippen LogP contribution in [0.15, 0.2) is 57.8 Å². The Hall–Kier alpha value is -1.47. The van der Waals surface area contributed by atoms with Crippen LogP contribution >= 0.6 is 11.8 Å². The van der Waals surface area contributed by atoms with Crippen LogP contribution < -0.4 is 0 Å². The van der Waals surface area contributed by atoms with E-state index in [1.54, 1.807) is 0 Å². The number of fused-ring (bicyclic) bond motifs is 2. The molecule has 0 amide bonds. The highest BCUT2D eigenvalue weighted by Crippen LogP contribution is 2.46. The zero-order chi connectivity index (χ0) is 16.7. The van der Waals surface area contributed by atoms with E-state index in [0.29, 0.717) is 0 Å². The van der Waals surface area contributed by atoms with Crippen molar-refractivity contribution in [1.29, 1.82) is 0 Å². The minimum Gasteiger partial charge on any atom is -0.0888 e. The van der Waals surface area contributed by atoms with Crippen molar-refractivity contribution < 1.29 is 0 Å². The topological polar surface area (TPSA) is 0 Å². The maximum atomic E-state index is 2.31. The quantitative estimate of drug-likeness (QED) is 0.418. The number of benzene rings is 2. The first-order valence-electron chi connectivity index (χ1n) is 8.22. The molecule has 0 bridgehead atoms. The molecular weight excluding hydrogens is 284 g/mol. The first-order chi connectivity index (χ1) is 10.7. The summed E-state index contributed by atoms with van der Waals surface area (Å²) in [7, 11) is 0. The lowest BCUT2D eigenvalue weighted by Crippen LogP contribution is -2.00. The highest BCUT2D eigenvalue weighted by molar-refractivity contribution is 7.99. The Labute approximate surface area is 140 Å². The van der Waals surface area contributed by atoms with E-state index in [2.05, 4.69) is 63.2 Å². The smallest absolute Gasteiger partial charge is 0.0201 e. The third kappa shape index (κ3) is 3.84. The van der Waals surface area contributed by atoms with E-state index >= 15 is 0 Å². The maximum Gasteiger partial charge on any atom is 0.0201 e. The molecule has 1 aliphatic heterocycles. The lowest BCUT2D eigenvalue weighted by Gasteiger charge is -2.23. The zero-order valence-corrected chi connectivity index (χ0v) is 15.8. The van der Waals surface area contributed by atoms with Crippen molar-refractivity contribution in [3.8, 4) is 0 Å². The monoisotopic (exact) mass is 312 g/mol. The third-order valence-corrected chi connectivity index (χ3v) is 4.43. The SMILES string of the molecule is CC.CC.CC(C)=C1c2ccccc2Sc2ccc(C)cc21. The van der Waals surface area contributed by atoms with Crippen LogP contribution in [-0.2, 0) is 0 Å². The highest BCUT2D eigenvalue weighted by Gasteiger charge is 2.21. The molecule has 0 aliphatic carbocycles. The number of hydrogen-bond acceptors (Lipinski definition) is 1. The lowest BCUT2D eigenvalue weighted by atomic mass is 9.92. The summed E-state index contributed by atoms with van der Waals surface area (Å²) in [5, 5.41) is 0. The van der Waals surface area contributed by atoms with Gasteiger partial charge in [0.15, 0.2) is 0 Å². The summed E-state index contributed by atoms with van der Waals surface area (Å²) < 4.78 is 0. The number of aryl methyl sites for hydroxylation is 1. The zero-order valence-electron chi connectivity index (χ0n) is 14.9. The summed E-state index contributed by atoms with van der Waals surface area (Å²) in [5.74, 6) is 0. The summed E-state index contributed by atoms with van der Waals surface area (Å²) in [4.78, 5) is 2.74. The third-order valence-electron chi connectivity index (χ3n) is 3.28. The van der Waals surface area contributed by atoms with Crippen molar-refractivity contribution >= 4 is 17.3 Å². The summed E-state index contributed by atoms with van der Waals surface area (Å²) >= 11 is 1.88. The molecule has 0 saturated heterocycles. The number of hydrogen-bond donors (Lipinski definition) is 0. The molecular formula is C21H28S. The Kier molecular flexibility index (Phi) is 7.47. The fraction of sp³-hybridized carbons (Fsp3) is 0.333. The summed E-state index contributed by atoms with van der Waals surface area (Å²) in [6.07, 6.45) is 0. The summed E-state index contributed by atoms with van der Waals surface area (Å²) in [6.45, 7) is 14.6. The van der Waals surface area contributed by atoms with Gasteiger partial charge in [-0.3, -0.25) is 0 Å². The van der Waals surface area contributed by atoms with Crippen LogP contribution in [0.25, 0.3) is 5.57 Å². The highest BCUT2D eigenvalue weighted by atomic mass is 32.2. The van der Waals surface area contributed by atoms with Crippen LogP contribution in [0.2, 0.25) is 0 Å². The molecule has 0 unspecified atom stereocenters. The van der Waals surface area contributed by atoms with Crippen LogP contribution in [-0.4, -0.2) is 0 Å². The number of allylic oxidation sites excluding steroid dienone is 1. The van der Waals surface area contributed by atoms with E-state index in [9.17, 15) is 0 Å². The molecule has 1 aliphatic rings. The van der Waals surface area contributed by atoms with Crippen LogP contribution in [0, 0.1) is 6.92 Å². The molecule has 0 radical (unpaired) electrons. The van der Waals surface area contributed by atoms with Gasteiger partial charge in [0, 0.05) is 9.79 Å². The van der Waals surface area contributed by atoms with Crippen LogP contribution in [0.1, 0.15) is 58.2 Å². The maximum absolute atomic E-state index is 2.31. The van der Waals surface area contributed by atoms with Gasteiger partial charge in [0.25, 0.3) is 0 Å². The molecule has 2 aromatic carbocycles. The van der Waals surface area contributed by atoms with Crippen LogP contribution in [0.5, 0.6) is 0 Å². The number of rotatable bonds is 0. The van der Waals surface area contributed by atoms with Gasteiger partial charge in [-0.2, -0.15) is 0 Å². The molecule has 0 aromatic heterocycles. The second-order valence-corrected chi connectivity index (χ2v) is 6.06. The van der Waals surface area contributed by atoms with Gasteiger partial charge in [-0.25, -0.2) is 0 Å². The first kappa shape index (κ1) is 18.6. The normalized spacial score (nSPS) is 11.1. The van der Waals surface area contributed by atoms with Crippen molar-refractivity contribution in [2.45, 2.75) is 58.3 Å². The Morgan fingerprint density at radius 1 is 0.773 bits per heavy atom. The van der Waals surface area contributed by atoms with Crippen molar-refractivity contribution in [2.24, 2.45) is 0 Å². The minimum absolute atomic E-state index is 1.33. The molecule has 118 valence electrons. The van der Waals surface area contributed by atoms with Crippen LogP contribution in [0.4, 0.5) is 0 Å². The van der Waals surface area contributed by atoms with E-state index in [1.165, 1.54) is 37.6 Å². The predicted octanol–water partition coefficient (Wildman–Crippen LogP) is 7.35. The van der Waals surface area contributed by atoms with Crippen molar-refractivity contribution in [3.63, 3.8) is 0 Å². The Morgan fingerprint density at radius 2 is 1.36 bits per heavy atom. The summed E-state index contributed by atoms with van der Waals surface area (Å²) in [6, 6.07) is 15.4. The molecule has 3 rings (SSSR count). The minimum atomic E-state index is 1.33. The largest absolute Gasteiger partial charge is 0.0888 e. The molecule has 0 N–H and O–H groups in total. The molecule has 22 heavy (non-hydrogen) atoms. The Balaban J connectivity index is 0.000000561. The molecule has 0 atom stereocenters. The van der Waals surface area contributed by atoms with E-state index in [4.69, 9.17) is 0 Å². The van der Waals surface area contributed by atoms with Gasteiger partial charge in [0.2, 0.25) is 0 Å². The lowest BCUT2D eigenvalue weighted by molar-refractivity contribution is 1.24. The standard InChI is InChI=1S/C17H16S.2C2H6/c1-11(2)17-13-6-4-5-7-15(13)18-16-9-8-12(3)10-14(16)17;2*1-2/h4-10H,1-3H3;2*1-2H3. The first-order valence-corrected chi connectivity index (χ1v) is 9.04. The molecule has 2 aromatic rings. The molecule has 1 heteroatoms. The summed E-state index contributed by atoms with van der Waals surface area (Å²) in [5.41, 5.74) is 6.88. The fourth-order valence-electron chi connectivity index (χ4n) is 2.49. The van der Waals surface area contributed by atoms with Gasteiger partial charge in [0.1, 0.15) is 0 Å². The average molecular weight is 313 g/mol. The van der Waals surface area contributed by atoms with Crippen molar-refractivity contribution in [1.82, 2.24) is 0 Å². The van der Waals surface area contributed by atoms with E-state index in [1.807, 2.05) is 39.5 Å². The fourth-order valence-corrected chi connectivity index (χ4v) is 3.56. The predicted molar refractivity (Wildman–Crippen MR) is 102 cm³/mol. The van der Waals surface area contributed by atoms with Crippen molar-refractivity contribution in [3.05, 3.63) is 64.7 Å². The average Bonchev–Trinajstić information content (AvgIpc) is 2.56. The second-order valence-electron chi connectivity index (χ2n) is 4.97. The molecule has 0 saturated carbocycles. The van der Waals surface area contributed by atoms with Gasteiger partial charge >= 0.3 is 0 Å². The molecule has 0 nitrogen and oxygen atoms in total. The van der Waals surface area contributed by atoms with E-state index in [0.717, 1.165) is 0 Å². The van der Waals surface area contributed by atoms with Gasteiger partial charge in [-0.15, -0.1) is 0 Å². The molecule has 0 fully saturated rings. The van der Waals surface area contributed by atoms with E-state index < -0.39 is 0 Å². The molecule has 0 spiro atoms. The van der Waals surface area contributed by atoms with Crippen LogP contribution in [0.3, 0.4) is 0 Å².